The molecule has 94 valence electrons. The number of hydrogen-bond acceptors (Lipinski definition) is 2. The molecule has 2 rings (SSSR count). The van der Waals surface area contributed by atoms with E-state index in [0.717, 1.165) is 20.4 Å². The second-order valence-electron chi connectivity index (χ2n) is 3.92. The van der Waals surface area contributed by atoms with Gasteiger partial charge in [0.05, 0.1) is 6.10 Å². The highest BCUT2D eigenvalue weighted by atomic mass is 35.5. The molecule has 1 nitrogen and oxygen atoms in total. The highest BCUT2D eigenvalue weighted by Crippen LogP contribution is 2.33. The number of aliphatic hydroxyl groups is 1. The summed E-state index contributed by atoms with van der Waals surface area (Å²) < 4.78 is 0. The van der Waals surface area contributed by atoms with E-state index in [2.05, 4.69) is 0 Å². The van der Waals surface area contributed by atoms with Crippen LogP contribution in [0, 0.1) is 0 Å². The van der Waals surface area contributed by atoms with Crippen LogP contribution in [0.4, 0.5) is 0 Å². The lowest BCUT2D eigenvalue weighted by Crippen LogP contribution is -1.91. The predicted molar refractivity (Wildman–Crippen MR) is 77.7 cm³/mol. The summed E-state index contributed by atoms with van der Waals surface area (Å²) >= 11 is 13.6. The molecule has 0 aliphatic heterocycles. The van der Waals surface area contributed by atoms with Gasteiger partial charge in [-0.25, -0.2) is 0 Å². The van der Waals surface area contributed by atoms with E-state index >= 15 is 0 Å². The van der Waals surface area contributed by atoms with E-state index in [9.17, 15) is 5.11 Å². The van der Waals surface area contributed by atoms with Crippen molar-refractivity contribution in [1.82, 2.24) is 0 Å². The topological polar surface area (TPSA) is 20.2 Å². The molecule has 4 heteroatoms. The minimum absolute atomic E-state index is 0.549. The molecular formula is C14H12Cl2OS. The molecular weight excluding hydrogens is 287 g/mol. The molecule has 0 aliphatic rings. The number of rotatable bonds is 3. The number of hydrogen-bond donors (Lipinski definition) is 1. The first-order chi connectivity index (χ1) is 8.56. The summed E-state index contributed by atoms with van der Waals surface area (Å²) in [5.74, 6) is 0. The van der Waals surface area contributed by atoms with Gasteiger partial charge in [0.2, 0.25) is 0 Å². The van der Waals surface area contributed by atoms with Gasteiger partial charge in [0.1, 0.15) is 0 Å². The monoisotopic (exact) mass is 298 g/mol. The molecule has 0 heterocycles. The Hall–Kier alpha value is -0.670. The molecule has 2 aromatic rings. The maximum absolute atomic E-state index is 9.51. The number of benzene rings is 2. The van der Waals surface area contributed by atoms with Crippen molar-refractivity contribution in [2.45, 2.75) is 22.8 Å². The molecule has 1 atom stereocenters. The molecule has 0 radical (unpaired) electrons. The lowest BCUT2D eigenvalue weighted by molar-refractivity contribution is 0.199. The Balaban J connectivity index is 2.20. The van der Waals surface area contributed by atoms with Crippen LogP contribution >= 0.6 is 35.0 Å². The first-order valence-electron chi connectivity index (χ1n) is 5.47. The summed E-state index contributed by atoms with van der Waals surface area (Å²) in [6.07, 6.45) is -0.549. The van der Waals surface area contributed by atoms with Crippen LogP contribution in [0.1, 0.15) is 18.6 Å². The molecule has 0 amide bonds. The third-order valence-electron chi connectivity index (χ3n) is 2.47. The van der Waals surface area contributed by atoms with Crippen molar-refractivity contribution in [3.8, 4) is 0 Å². The maximum atomic E-state index is 9.51. The van der Waals surface area contributed by atoms with Crippen molar-refractivity contribution in [1.29, 1.82) is 0 Å². The second-order valence-corrected chi connectivity index (χ2v) is 5.91. The van der Waals surface area contributed by atoms with Crippen LogP contribution in [0.3, 0.4) is 0 Å². The fraction of sp³-hybridized carbons (Fsp3) is 0.143. The van der Waals surface area contributed by atoms with Gasteiger partial charge in [0.15, 0.2) is 0 Å². The molecule has 18 heavy (non-hydrogen) atoms. The van der Waals surface area contributed by atoms with Crippen LogP contribution in [0.2, 0.25) is 10.0 Å². The third-order valence-corrected chi connectivity index (χ3v) is 4.05. The van der Waals surface area contributed by atoms with E-state index in [1.165, 1.54) is 0 Å². The minimum Gasteiger partial charge on any atom is -0.389 e. The Morgan fingerprint density at radius 3 is 2.17 bits per heavy atom. The molecule has 0 bridgehead atoms. The lowest BCUT2D eigenvalue weighted by atomic mass is 10.1. The van der Waals surface area contributed by atoms with E-state index in [4.69, 9.17) is 23.2 Å². The van der Waals surface area contributed by atoms with Gasteiger partial charge in [-0.05, 0) is 48.9 Å². The summed E-state index contributed by atoms with van der Waals surface area (Å²) in [5, 5.41) is 10.8. The van der Waals surface area contributed by atoms with Gasteiger partial charge >= 0.3 is 0 Å². The van der Waals surface area contributed by atoms with Gasteiger partial charge in [-0.1, -0.05) is 41.0 Å². The molecule has 0 aliphatic carbocycles. The average molecular weight is 299 g/mol. The first kappa shape index (κ1) is 13.8. The summed E-state index contributed by atoms with van der Waals surface area (Å²) in [6, 6.07) is 13.3. The molecule has 2 aromatic carbocycles. The highest BCUT2D eigenvalue weighted by Gasteiger charge is 2.07. The Morgan fingerprint density at radius 1 is 1.00 bits per heavy atom. The third kappa shape index (κ3) is 3.42. The van der Waals surface area contributed by atoms with Crippen LogP contribution in [0.5, 0.6) is 0 Å². The average Bonchev–Trinajstić information content (AvgIpc) is 2.32. The Morgan fingerprint density at radius 2 is 1.61 bits per heavy atom. The molecule has 0 aromatic heterocycles. The van der Waals surface area contributed by atoms with E-state index < -0.39 is 6.10 Å². The SMILES string of the molecule is CC(O)c1ccc(Sc2ccc(Cl)cc2)cc1Cl. The van der Waals surface area contributed by atoms with Crippen molar-refractivity contribution in [2.75, 3.05) is 0 Å². The summed E-state index contributed by atoms with van der Waals surface area (Å²) in [7, 11) is 0. The van der Waals surface area contributed by atoms with Gasteiger partial charge in [-0.15, -0.1) is 0 Å². The smallest absolute Gasteiger partial charge is 0.0776 e. The fourth-order valence-corrected chi connectivity index (χ4v) is 2.94. The van der Waals surface area contributed by atoms with E-state index in [1.54, 1.807) is 18.7 Å². The highest BCUT2D eigenvalue weighted by molar-refractivity contribution is 7.99. The molecule has 0 fully saturated rings. The van der Waals surface area contributed by atoms with Crippen molar-refractivity contribution < 1.29 is 5.11 Å². The summed E-state index contributed by atoms with van der Waals surface area (Å²) in [4.78, 5) is 2.13. The molecule has 1 unspecified atom stereocenters. The van der Waals surface area contributed by atoms with Crippen molar-refractivity contribution in [3.63, 3.8) is 0 Å². The number of halogens is 2. The number of aliphatic hydroxyl groups excluding tert-OH is 1. The van der Waals surface area contributed by atoms with Gasteiger partial charge in [-0.3, -0.25) is 0 Å². The van der Waals surface area contributed by atoms with E-state index in [1.807, 2.05) is 42.5 Å². The Bertz CT molecular complexity index is 538. The zero-order valence-electron chi connectivity index (χ0n) is 9.73. The normalized spacial score (nSPS) is 12.4. The zero-order chi connectivity index (χ0) is 13.1. The minimum atomic E-state index is -0.549. The van der Waals surface area contributed by atoms with Crippen molar-refractivity contribution in [3.05, 3.63) is 58.1 Å². The molecule has 0 spiro atoms. The fourth-order valence-electron chi connectivity index (χ4n) is 1.55. The zero-order valence-corrected chi connectivity index (χ0v) is 12.1. The standard InChI is InChI=1S/C14H12Cl2OS/c1-9(17)13-7-6-12(8-14(13)16)18-11-4-2-10(15)3-5-11/h2-9,17H,1H3. The van der Waals surface area contributed by atoms with Gasteiger partial charge < -0.3 is 5.11 Å². The van der Waals surface area contributed by atoms with Crippen LogP contribution in [-0.4, -0.2) is 5.11 Å². The van der Waals surface area contributed by atoms with Crippen LogP contribution in [0.25, 0.3) is 0 Å². The van der Waals surface area contributed by atoms with Gasteiger partial charge in [0.25, 0.3) is 0 Å². The first-order valence-corrected chi connectivity index (χ1v) is 7.04. The molecule has 1 N–H and O–H groups in total. The predicted octanol–water partition coefficient (Wildman–Crippen LogP) is 5.20. The molecule has 0 saturated carbocycles. The largest absolute Gasteiger partial charge is 0.389 e. The van der Waals surface area contributed by atoms with Gasteiger partial charge in [0, 0.05) is 19.8 Å². The maximum Gasteiger partial charge on any atom is 0.0776 e. The van der Waals surface area contributed by atoms with Crippen molar-refractivity contribution in [2.24, 2.45) is 0 Å². The Kier molecular flexibility index (Phi) is 4.57. The summed E-state index contributed by atoms with van der Waals surface area (Å²) in [6.45, 7) is 1.70. The van der Waals surface area contributed by atoms with Crippen LogP contribution in [0.15, 0.2) is 52.3 Å². The van der Waals surface area contributed by atoms with Gasteiger partial charge in [-0.2, -0.15) is 0 Å². The van der Waals surface area contributed by atoms with E-state index in [0.29, 0.717) is 5.02 Å². The van der Waals surface area contributed by atoms with E-state index in [-0.39, 0.29) is 0 Å². The quantitative estimate of drug-likeness (QED) is 0.840. The molecule has 0 saturated heterocycles. The van der Waals surface area contributed by atoms with Crippen LogP contribution < -0.4 is 0 Å². The van der Waals surface area contributed by atoms with Crippen molar-refractivity contribution >= 4 is 35.0 Å². The Labute approximate surface area is 121 Å². The summed E-state index contributed by atoms with van der Waals surface area (Å²) in [5.41, 5.74) is 0.747. The second kappa shape index (κ2) is 5.98. The van der Waals surface area contributed by atoms with Crippen LogP contribution in [-0.2, 0) is 0 Å². The lowest BCUT2D eigenvalue weighted by Gasteiger charge is -2.09.